The summed E-state index contributed by atoms with van der Waals surface area (Å²) in [4.78, 5) is 12.7. The highest BCUT2D eigenvalue weighted by molar-refractivity contribution is 7.89. The smallest absolute Gasteiger partial charge is 0.315 e. The molecular weight excluding hydrogens is 398 g/mol. The molecule has 3 rings (SSSR count). The summed E-state index contributed by atoms with van der Waals surface area (Å²) in [7, 11) is -3.54. The maximum atomic E-state index is 13.0. The van der Waals surface area contributed by atoms with Gasteiger partial charge in [-0.25, -0.2) is 13.2 Å². The van der Waals surface area contributed by atoms with Crippen molar-refractivity contribution < 1.29 is 13.2 Å². The largest absolute Gasteiger partial charge is 0.337 e. The number of hydrogen-bond donors (Lipinski definition) is 2. The van der Waals surface area contributed by atoms with E-state index in [1.165, 1.54) is 19.3 Å². The van der Waals surface area contributed by atoms with E-state index in [1.54, 1.807) is 22.5 Å². The van der Waals surface area contributed by atoms with Gasteiger partial charge in [0.25, 0.3) is 0 Å². The van der Waals surface area contributed by atoms with Crippen molar-refractivity contribution in [3.63, 3.8) is 0 Å². The van der Waals surface area contributed by atoms with E-state index in [0.717, 1.165) is 50.1 Å². The van der Waals surface area contributed by atoms with Crippen molar-refractivity contribution in [2.24, 2.45) is 0 Å². The van der Waals surface area contributed by atoms with Crippen LogP contribution in [-0.4, -0.2) is 37.9 Å². The number of carbonyl (C=O) groups is 1. The second-order valence-corrected chi connectivity index (χ2v) is 9.83. The monoisotopic (exact) mass is 434 g/mol. The van der Waals surface area contributed by atoms with E-state index in [9.17, 15) is 13.2 Å². The first-order chi connectivity index (χ1) is 13.5. The fourth-order valence-electron chi connectivity index (χ4n) is 4.11. The van der Waals surface area contributed by atoms with E-state index in [1.807, 2.05) is 13.0 Å². The van der Waals surface area contributed by atoms with Gasteiger partial charge in [0.05, 0.1) is 10.9 Å². The first kappa shape index (κ1) is 26.4. The van der Waals surface area contributed by atoms with Crippen molar-refractivity contribution >= 4 is 16.1 Å². The van der Waals surface area contributed by atoms with Crippen molar-refractivity contribution in [2.75, 3.05) is 13.1 Å². The van der Waals surface area contributed by atoms with Crippen LogP contribution < -0.4 is 10.6 Å². The molecule has 1 saturated carbocycles. The van der Waals surface area contributed by atoms with E-state index in [0.29, 0.717) is 18.0 Å². The van der Waals surface area contributed by atoms with Crippen LogP contribution >= 0.6 is 0 Å². The number of sulfonamides is 1. The molecule has 1 atom stereocenters. The predicted octanol–water partition coefficient (Wildman–Crippen LogP) is 4.38. The molecule has 1 saturated heterocycles. The Bertz CT molecular complexity index is 759. The molecule has 2 amide bonds. The van der Waals surface area contributed by atoms with Crippen LogP contribution in [0.1, 0.15) is 63.4 Å². The van der Waals surface area contributed by atoms with Gasteiger partial charge in [0.15, 0.2) is 0 Å². The number of urea groups is 1. The molecule has 6 nitrogen and oxygen atoms in total. The molecular formula is C23H36N3O3S. The summed E-state index contributed by atoms with van der Waals surface area (Å²) in [6, 6.07) is 7.70. The summed E-state index contributed by atoms with van der Waals surface area (Å²) >= 11 is 0. The van der Waals surface area contributed by atoms with Crippen LogP contribution in [0.4, 0.5) is 4.79 Å². The second kappa shape index (κ2) is 12.3. The van der Waals surface area contributed by atoms with E-state index in [2.05, 4.69) is 10.6 Å². The van der Waals surface area contributed by atoms with Gasteiger partial charge in [-0.15, -0.1) is 0 Å². The minimum absolute atomic E-state index is 0. The van der Waals surface area contributed by atoms with Gasteiger partial charge in [-0.3, -0.25) is 0 Å². The van der Waals surface area contributed by atoms with E-state index < -0.39 is 10.0 Å². The highest BCUT2D eigenvalue weighted by Crippen LogP contribution is 2.26. The Balaban J connectivity index is 0.00000225. The molecule has 30 heavy (non-hydrogen) atoms. The molecule has 2 N–H and O–H groups in total. The molecule has 1 aliphatic carbocycles. The van der Waals surface area contributed by atoms with Crippen LogP contribution in [0.5, 0.6) is 0 Å². The number of benzene rings is 1. The third-order valence-corrected chi connectivity index (χ3v) is 7.61. The first-order valence-electron chi connectivity index (χ1n) is 10.4. The topological polar surface area (TPSA) is 78.5 Å². The molecule has 0 bridgehead atoms. The summed E-state index contributed by atoms with van der Waals surface area (Å²) in [5.41, 5.74) is 0.922. The van der Waals surface area contributed by atoms with Crippen molar-refractivity contribution in [1.29, 1.82) is 0 Å². The maximum Gasteiger partial charge on any atom is 0.315 e. The second-order valence-electron chi connectivity index (χ2n) is 7.93. The zero-order valence-corrected chi connectivity index (χ0v) is 19.0. The third-order valence-electron chi connectivity index (χ3n) is 5.66. The quantitative estimate of drug-likeness (QED) is 0.722. The van der Waals surface area contributed by atoms with Gasteiger partial charge >= 0.3 is 6.03 Å². The van der Waals surface area contributed by atoms with Gasteiger partial charge in [-0.1, -0.05) is 59.1 Å². The average Bonchev–Trinajstić information content (AvgIpc) is 3.12. The molecule has 1 aliphatic heterocycles. The fourth-order valence-corrected chi connectivity index (χ4v) is 5.91. The number of hydrogen-bond acceptors (Lipinski definition) is 3. The Morgan fingerprint density at radius 2 is 1.73 bits per heavy atom. The van der Waals surface area contributed by atoms with Gasteiger partial charge in [0.1, 0.15) is 0 Å². The van der Waals surface area contributed by atoms with E-state index in [-0.39, 0.29) is 26.9 Å². The lowest BCUT2D eigenvalue weighted by Crippen LogP contribution is -2.46. The zero-order chi connectivity index (χ0) is 20.0. The van der Waals surface area contributed by atoms with Crippen LogP contribution in [0.25, 0.3) is 0 Å². The summed E-state index contributed by atoms with van der Waals surface area (Å²) in [5, 5.41) is 5.90. The lowest BCUT2D eigenvalue weighted by atomic mass is 9.97. The van der Waals surface area contributed by atoms with Gasteiger partial charge in [0.2, 0.25) is 10.0 Å². The normalized spacial score (nSPS) is 20.9. The van der Waals surface area contributed by atoms with Crippen LogP contribution in [0.2, 0.25) is 0 Å². The lowest BCUT2D eigenvalue weighted by Gasteiger charge is -2.25. The summed E-state index contributed by atoms with van der Waals surface area (Å²) < 4.78 is 27.6. The standard InChI is InChI=1S/C21H32N3O3S.2CH2/c1-17-9-7-13-20(15-17)28(26,27)24-14-8-12-19(24)16-22-21(25)23-18-10-5-3-2-4-6-11-18;;/h7,9,13,15,19H,2-6,8,10-12,14,16H2,1H3,(H2,22,23,25);2*1H2. The first-order valence-corrected chi connectivity index (χ1v) is 11.9. The molecule has 2 fully saturated rings. The Labute approximate surface area is 183 Å². The molecule has 1 unspecified atom stereocenters. The number of nitrogens with zero attached hydrogens (tertiary/aromatic N) is 1. The maximum absolute atomic E-state index is 13.0. The van der Waals surface area contributed by atoms with Crippen LogP contribution in [0, 0.1) is 27.8 Å². The zero-order valence-electron chi connectivity index (χ0n) is 18.2. The van der Waals surface area contributed by atoms with Gasteiger partial charge in [-0.05, 0) is 50.3 Å². The molecule has 1 heterocycles. The Morgan fingerprint density at radius 3 is 2.40 bits per heavy atom. The number of rotatable bonds is 5. The van der Waals surface area contributed by atoms with Gasteiger partial charge in [-0.2, -0.15) is 4.31 Å². The highest BCUT2D eigenvalue weighted by Gasteiger charge is 2.35. The summed E-state index contributed by atoms with van der Waals surface area (Å²) in [5.74, 6) is 0. The minimum atomic E-state index is -3.54. The van der Waals surface area contributed by atoms with Gasteiger partial charge < -0.3 is 10.6 Å². The van der Waals surface area contributed by atoms with Crippen molar-refractivity contribution in [1.82, 2.24) is 14.9 Å². The van der Waals surface area contributed by atoms with Crippen molar-refractivity contribution in [2.45, 2.75) is 75.6 Å². The Morgan fingerprint density at radius 1 is 1.07 bits per heavy atom. The molecule has 2 aliphatic rings. The van der Waals surface area contributed by atoms with Crippen LogP contribution in [0.3, 0.4) is 0 Å². The third kappa shape index (κ3) is 6.98. The van der Waals surface area contributed by atoms with E-state index in [4.69, 9.17) is 0 Å². The number of carbonyl (C=O) groups excluding carboxylic acids is 1. The summed E-state index contributed by atoms with van der Waals surface area (Å²) in [6.45, 7) is 2.73. The SMILES string of the molecule is Cc1cccc(S(=O)(=O)N2CCCC2CNC(=O)N[C]2CCCCCCC2)c1.[CH2].[CH2]. The molecule has 5 radical (unpaired) electrons. The molecule has 0 spiro atoms. The van der Waals surface area contributed by atoms with Crippen molar-refractivity contribution in [3.05, 3.63) is 50.7 Å². The predicted molar refractivity (Wildman–Crippen MR) is 121 cm³/mol. The Kier molecular flexibility index (Phi) is 10.8. The molecule has 167 valence electrons. The molecule has 0 aromatic heterocycles. The highest BCUT2D eigenvalue weighted by atomic mass is 32.2. The van der Waals surface area contributed by atoms with Crippen LogP contribution in [0.15, 0.2) is 29.2 Å². The fraction of sp³-hybridized carbons (Fsp3) is 0.565. The summed E-state index contributed by atoms with van der Waals surface area (Å²) in [6.07, 6.45) is 9.46. The Hall–Kier alpha value is -1.60. The average molecular weight is 435 g/mol. The molecule has 1 aromatic rings. The van der Waals surface area contributed by atoms with Crippen molar-refractivity contribution in [3.8, 4) is 0 Å². The number of aryl methyl sites for hydroxylation is 1. The minimum Gasteiger partial charge on any atom is -0.337 e. The lowest BCUT2D eigenvalue weighted by molar-refractivity contribution is 0.237. The molecule has 7 heteroatoms. The van der Waals surface area contributed by atoms with Gasteiger partial charge in [0, 0.05) is 19.1 Å². The number of amides is 2. The van der Waals surface area contributed by atoms with E-state index >= 15 is 0 Å². The van der Waals surface area contributed by atoms with Crippen LogP contribution in [-0.2, 0) is 10.0 Å². The number of nitrogens with one attached hydrogen (secondary N) is 2. The molecule has 1 aromatic carbocycles.